The van der Waals surface area contributed by atoms with Crippen LogP contribution in [0.3, 0.4) is 0 Å². The van der Waals surface area contributed by atoms with Crippen LogP contribution in [0.4, 0.5) is 0 Å². The maximum Gasteiger partial charge on any atom is 0.257 e. The summed E-state index contributed by atoms with van der Waals surface area (Å²) in [6.45, 7) is 2.33. The lowest BCUT2D eigenvalue weighted by atomic mass is 10.0. The zero-order valence-electron chi connectivity index (χ0n) is 11.9. The minimum absolute atomic E-state index is 0.0818. The molecule has 2 aliphatic rings. The highest BCUT2D eigenvalue weighted by molar-refractivity contribution is 6.30. The van der Waals surface area contributed by atoms with E-state index in [4.69, 9.17) is 25.8 Å². The van der Waals surface area contributed by atoms with E-state index in [0.29, 0.717) is 42.6 Å². The van der Waals surface area contributed by atoms with Gasteiger partial charge < -0.3 is 19.1 Å². The minimum Gasteiger partial charge on any atom is -0.496 e. The summed E-state index contributed by atoms with van der Waals surface area (Å²) in [5.41, 5.74) is 0.511. The molecule has 2 saturated heterocycles. The van der Waals surface area contributed by atoms with Gasteiger partial charge in [0.2, 0.25) is 0 Å². The van der Waals surface area contributed by atoms with Crippen LogP contribution in [0, 0.1) is 0 Å². The van der Waals surface area contributed by atoms with E-state index in [1.165, 1.54) is 7.11 Å². The fourth-order valence-corrected chi connectivity index (χ4v) is 3.07. The molecule has 2 heterocycles. The second-order valence-corrected chi connectivity index (χ2v) is 5.72. The Kier molecular flexibility index (Phi) is 4.06. The van der Waals surface area contributed by atoms with E-state index in [1.807, 2.05) is 0 Å². The van der Waals surface area contributed by atoms with Gasteiger partial charge in [0, 0.05) is 18.0 Å². The van der Waals surface area contributed by atoms with Crippen molar-refractivity contribution in [1.82, 2.24) is 4.90 Å². The molecule has 0 bridgehead atoms. The summed E-state index contributed by atoms with van der Waals surface area (Å²) in [6.07, 6.45) is 1.69. The van der Waals surface area contributed by atoms with Crippen LogP contribution in [-0.2, 0) is 9.47 Å². The van der Waals surface area contributed by atoms with Gasteiger partial charge in [-0.05, 0) is 24.6 Å². The summed E-state index contributed by atoms with van der Waals surface area (Å²) < 4.78 is 16.7. The Morgan fingerprint density at radius 2 is 2.14 bits per heavy atom. The van der Waals surface area contributed by atoms with Gasteiger partial charge in [0.1, 0.15) is 5.75 Å². The summed E-state index contributed by atoms with van der Waals surface area (Å²) in [6, 6.07) is 5.04. The number of halogens is 1. The Bertz CT molecular complexity index is 542. The highest BCUT2D eigenvalue weighted by atomic mass is 35.5. The van der Waals surface area contributed by atoms with Crippen molar-refractivity contribution in [2.45, 2.75) is 18.6 Å². The van der Waals surface area contributed by atoms with Crippen molar-refractivity contribution in [1.29, 1.82) is 0 Å². The predicted molar refractivity (Wildman–Crippen MR) is 77.8 cm³/mol. The summed E-state index contributed by atoms with van der Waals surface area (Å²) in [5.74, 6) is -0.213. The Morgan fingerprint density at radius 1 is 1.38 bits per heavy atom. The summed E-state index contributed by atoms with van der Waals surface area (Å²) in [4.78, 5) is 14.5. The van der Waals surface area contributed by atoms with Crippen molar-refractivity contribution in [3.8, 4) is 5.75 Å². The van der Waals surface area contributed by atoms with Crippen LogP contribution in [-0.4, -0.2) is 50.0 Å². The number of likely N-dealkylation sites (tertiary alicyclic amines) is 1. The Morgan fingerprint density at radius 3 is 2.86 bits per heavy atom. The Labute approximate surface area is 128 Å². The molecule has 0 unspecified atom stereocenters. The fraction of sp³-hybridized carbons (Fsp3) is 0.533. The second-order valence-electron chi connectivity index (χ2n) is 5.28. The first-order chi connectivity index (χ1) is 10.1. The lowest BCUT2D eigenvalue weighted by Crippen LogP contribution is -2.51. The summed E-state index contributed by atoms with van der Waals surface area (Å²) >= 11 is 5.94. The van der Waals surface area contributed by atoms with E-state index in [1.54, 1.807) is 23.1 Å². The van der Waals surface area contributed by atoms with Gasteiger partial charge in [-0.15, -0.1) is 0 Å². The summed E-state index contributed by atoms with van der Waals surface area (Å²) in [7, 11) is 1.53. The molecule has 114 valence electrons. The number of rotatable bonds is 2. The third-order valence-corrected chi connectivity index (χ3v) is 4.15. The molecule has 3 rings (SSSR count). The fourth-order valence-electron chi connectivity index (χ4n) is 2.91. The predicted octanol–water partition coefficient (Wildman–Crippen LogP) is 2.33. The number of amides is 1. The van der Waals surface area contributed by atoms with Crippen molar-refractivity contribution in [2.75, 3.05) is 33.4 Å². The van der Waals surface area contributed by atoms with Gasteiger partial charge in [-0.2, -0.15) is 0 Å². The molecule has 1 spiro atoms. The first kappa shape index (κ1) is 14.6. The number of hydrogen-bond acceptors (Lipinski definition) is 4. The standard InChI is InChI=1S/C15H18ClNO4/c1-19-13-9-11(16)3-4-12(13)14(18)17-6-2-5-15(10-17)20-7-8-21-15/h3-4,9H,2,5-8,10H2,1H3. The zero-order chi connectivity index (χ0) is 14.9. The third kappa shape index (κ3) is 2.86. The molecular weight excluding hydrogens is 294 g/mol. The normalized spacial score (nSPS) is 20.8. The van der Waals surface area contributed by atoms with Crippen molar-refractivity contribution < 1.29 is 19.0 Å². The van der Waals surface area contributed by atoms with Gasteiger partial charge in [0.05, 0.1) is 32.4 Å². The van der Waals surface area contributed by atoms with E-state index in [9.17, 15) is 4.79 Å². The molecule has 0 aromatic heterocycles. The van der Waals surface area contributed by atoms with Gasteiger partial charge in [0.15, 0.2) is 5.79 Å². The Hall–Kier alpha value is -1.30. The van der Waals surface area contributed by atoms with E-state index >= 15 is 0 Å². The molecule has 2 fully saturated rings. The highest BCUT2D eigenvalue weighted by Crippen LogP contribution is 2.32. The highest BCUT2D eigenvalue weighted by Gasteiger charge is 2.42. The zero-order valence-corrected chi connectivity index (χ0v) is 12.7. The van der Waals surface area contributed by atoms with Crippen LogP contribution in [0.5, 0.6) is 5.75 Å². The first-order valence-electron chi connectivity index (χ1n) is 7.04. The van der Waals surface area contributed by atoms with Crippen LogP contribution < -0.4 is 4.74 Å². The maximum atomic E-state index is 12.7. The lowest BCUT2D eigenvalue weighted by Gasteiger charge is -2.38. The van der Waals surface area contributed by atoms with Gasteiger partial charge in [0.25, 0.3) is 5.91 Å². The van der Waals surface area contributed by atoms with Crippen LogP contribution >= 0.6 is 11.6 Å². The molecular formula is C15H18ClNO4. The molecule has 0 aliphatic carbocycles. The van der Waals surface area contributed by atoms with Crippen molar-refractivity contribution in [3.63, 3.8) is 0 Å². The number of carbonyl (C=O) groups excluding carboxylic acids is 1. The van der Waals surface area contributed by atoms with Crippen LogP contribution in [0.1, 0.15) is 23.2 Å². The van der Waals surface area contributed by atoms with Crippen LogP contribution in [0.2, 0.25) is 5.02 Å². The van der Waals surface area contributed by atoms with Crippen molar-refractivity contribution in [2.24, 2.45) is 0 Å². The van der Waals surface area contributed by atoms with E-state index in [-0.39, 0.29) is 5.91 Å². The molecule has 0 radical (unpaired) electrons. The smallest absolute Gasteiger partial charge is 0.257 e. The molecule has 6 heteroatoms. The molecule has 5 nitrogen and oxygen atoms in total. The van der Waals surface area contributed by atoms with E-state index < -0.39 is 5.79 Å². The molecule has 1 amide bonds. The molecule has 21 heavy (non-hydrogen) atoms. The van der Waals surface area contributed by atoms with Crippen molar-refractivity contribution >= 4 is 17.5 Å². The lowest BCUT2D eigenvalue weighted by molar-refractivity contribution is -0.183. The molecule has 0 atom stereocenters. The number of hydrogen-bond donors (Lipinski definition) is 0. The molecule has 1 aromatic carbocycles. The van der Waals surface area contributed by atoms with Gasteiger partial charge >= 0.3 is 0 Å². The van der Waals surface area contributed by atoms with Gasteiger partial charge in [-0.1, -0.05) is 11.6 Å². The summed E-state index contributed by atoms with van der Waals surface area (Å²) in [5, 5.41) is 0.543. The average Bonchev–Trinajstić information content (AvgIpc) is 2.94. The SMILES string of the molecule is COc1cc(Cl)ccc1C(=O)N1CCCC2(C1)OCCO2. The van der Waals surface area contributed by atoms with Gasteiger partial charge in [-0.25, -0.2) is 0 Å². The quantitative estimate of drug-likeness (QED) is 0.841. The number of methoxy groups -OCH3 is 1. The molecule has 0 saturated carbocycles. The number of carbonyl (C=O) groups is 1. The largest absolute Gasteiger partial charge is 0.496 e. The molecule has 2 aliphatic heterocycles. The molecule has 1 aromatic rings. The van der Waals surface area contributed by atoms with Gasteiger partial charge in [-0.3, -0.25) is 4.79 Å². The van der Waals surface area contributed by atoms with Crippen LogP contribution in [0.25, 0.3) is 0 Å². The van der Waals surface area contributed by atoms with Crippen LogP contribution in [0.15, 0.2) is 18.2 Å². The monoisotopic (exact) mass is 311 g/mol. The second kappa shape index (κ2) is 5.83. The number of ether oxygens (including phenoxy) is 3. The van der Waals surface area contributed by atoms with E-state index in [0.717, 1.165) is 12.8 Å². The number of nitrogens with zero attached hydrogens (tertiary/aromatic N) is 1. The topological polar surface area (TPSA) is 48.0 Å². The van der Waals surface area contributed by atoms with E-state index in [2.05, 4.69) is 0 Å². The number of benzene rings is 1. The minimum atomic E-state index is -0.617. The third-order valence-electron chi connectivity index (χ3n) is 3.91. The Balaban J connectivity index is 1.81. The first-order valence-corrected chi connectivity index (χ1v) is 7.42. The average molecular weight is 312 g/mol. The maximum absolute atomic E-state index is 12.7. The molecule has 0 N–H and O–H groups in total. The number of piperidine rings is 1. The van der Waals surface area contributed by atoms with Crippen molar-refractivity contribution in [3.05, 3.63) is 28.8 Å².